The lowest BCUT2D eigenvalue weighted by atomic mass is 10.4. The van der Waals surface area contributed by atoms with E-state index in [0.29, 0.717) is 5.69 Å². The number of rotatable bonds is 2. The normalized spacial score (nSPS) is 10.5. The zero-order valence-electron chi connectivity index (χ0n) is 8.01. The number of halogens is 1. The highest BCUT2D eigenvalue weighted by molar-refractivity contribution is 9.10. The van der Waals surface area contributed by atoms with Gasteiger partial charge in [-0.15, -0.1) is 0 Å². The quantitative estimate of drug-likeness (QED) is 0.920. The second-order valence-corrected chi connectivity index (χ2v) is 4.79. The van der Waals surface area contributed by atoms with Crippen molar-refractivity contribution in [2.24, 2.45) is 7.05 Å². The molecule has 2 aromatic rings. The van der Waals surface area contributed by atoms with Crippen molar-refractivity contribution >= 4 is 33.4 Å². The molecule has 0 aliphatic heterocycles. The van der Waals surface area contributed by atoms with Crippen molar-refractivity contribution < 1.29 is 0 Å². The molecule has 4 nitrogen and oxygen atoms in total. The van der Waals surface area contributed by atoms with Crippen LogP contribution in [0.15, 0.2) is 39.3 Å². The number of anilines is 1. The van der Waals surface area contributed by atoms with E-state index in [1.54, 1.807) is 12.4 Å². The Kier molecular flexibility index (Phi) is 2.97. The van der Waals surface area contributed by atoms with E-state index in [1.807, 2.05) is 23.9 Å². The first-order chi connectivity index (χ1) is 7.16. The molecule has 0 aliphatic carbocycles. The van der Waals surface area contributed by atoms with Crippen LogP contribution in [0.4, 0.5) is 5.69 Å². The van der Waals surface area contributed by atoms with Gasteiger partial charge in [-0.2, -0.15) is 0 Å². The molecule has 0 spiro atoms. The van der Waals surface area contributed by atoms with Crippen molar-refractivity contribution in [3.05, 3.63) is 29.1 Å². The standard InChI is InChI=1S/C9H9BrN4S/c1-14-3-2-12-9(14)15-8-7(10)4-6(11)5-13-8/h2-5H,11H2,1H3. The second-order valence-electron chi connectivity index (χ2n) is 2.98. The molecule has 2 heterocycles. The maximum Gasteiger partial charge on any atom is 0.174 e. The summed E-state index contributed by atoms with van der Waals surface area (Å²) in [6, 6.07) is 1.83. The maximum absolute atomic E-state index is 5.61. The Labute approximate surface area is 100 Å². The summed E-state index contributed by atoms with van der Waals surface area (Å²) in [4.78, 5) is 8.44. The lowest BCUT2D eigenvalue weighted by Crippen LogP contribution is -1.92. The van der Waals surface area contributed by atoms with Gasteiger partial charge in [-0.1, -0.05) is 0 Å². The first-order valence-corrected chi connectivity index (χ1v) is 5.84. The van der Waals surface area contributed by atoms with Crippen molar-refractivity contribution in [3.63, 3.8) is 0 Å². The number of pyridine rings is 1. The molecule has 0 atom stereocenters. The molecule has 0 radical (unpaired) electrons. The fourth-order valence-corrected chi connectivity index (χ4v) is 2.41. The summed E-state index contributed by atoms with van der Waals surface area (Å²) in [5.74, 6) is 0. The monoisotopic (exact) mass is 284 g/mol. The maximum atomic E-state index is 5.61. The lowest BCUT2D eigenvalue weighted by Gasteiger charge is -2.03. The van der Waals surface area contributed by atoms with Gasteiger partial charge in [0.2, 0.25) is 0 Å². The van der Waals surface area contributed by atoms with E-state index in [1.165, 1.54) is 11.8 Å². The average molecular weight is 285 g/mol. The van der Waals surface area contributed by atoms with E-state index in [2.05, 4.69) is 25.9 Å². The third-order valence-corrected chi connectivity index (χ3v) is 3.76. The molecule has 0 fully saturated rings. The number of nitrogens with zero attached hydrogens (tertiary/aromatic N) is 3. The Morgan fingerprint density at radius 1 is 1.47 bits per heavy atom. The highest BCUT2D eigenvalue weighted by Crippen LogP contribution is 2.31. The van der Waals surface area contributed by atoms with Gasteiger partial charge in [-0.3, -0.25) is 0 Å². The number of nitrogens with two attached hydrogens (primary N) is 1. The zero-order chi connectivity index (χ0) is 10.8. The lowest BCUT2D eigenvalue weighted by molar-refractivity contribution is 0.788. The van der Waals surface area contributed by atoms with Crippen LogP contribution in [0.1, 0.15) is 0 Å². The van der Waals surface area contributed by atoms with Crippen LogP contribution in [-0.2, 0) is 7.05 Å². The van der Waals surface area contributed by atoms with Crippen LogP contribution in [0, 0.1) is 0 Å². The molecule has 0 saturated carbocycles. The summed E-state index contributed by atoms with van der Waals surface area (Å²) in [7, 11) is 1.94. The molecule has 0 bridgehead atoms. The second kappa shape index (κ2) is 4.24. The van der Waals surface area contributed by atoms with Crippen LogP contribution in [0.25, 0.3) is 0 Å². The molecular formula is C9H9BrN4S. The number of nitrogen functional groups attached to an aromatic ring is 1. The summed E-state index contributed by atoms with van der Waals surface area (Å²) < 4.78 is 2.82. The fourth-order valence-electron chi connectivity index (χ4n) is 1.05. The predicted molar refractivity (Wildman–Crippen MR) is 63.7 cm³/mol. The zero-order valence-corrected chi connectivity index (χ0v) is 10.4. The Morgan fingerprint density at radius 3 is 2.87 bits per heavy atom. The van der Waals surface area contributed by atoms with E-state index in [9.17, 15) is 0 Å². The minimum absolute atomic E-state index is 0.645. The SMILES string of the molecule is Cn1ccnc1Sc1ncc(N)cc1Br. The number of aromatic nitrogens is 3. The molecule has 2 rings (SSSR count). The van der Waals surface area contributed by atoms with Crippen LogP contribution in [-0.4, -0.2) is 14.5 Å². The van der Waals surface area contributed by atoms with Gasteiger partial charge in [0.15, 0.2) is 5.16 Å². The molecular weight excluding hydrogens is 276 g/mol. The summed E-state index contributed by atoms with van der Waals surface area (Å²) in [5, 5.41) is 1.76. The van der Waals surface area contributed by atoms with Gasteiger partial charge in [0.05, 0.1) is 16.4 Å². The highest BCUT2D eigenvalue weighted by atomic mass is 79.9. The minimum atomic E-state index is 0.645. The molecule has 6 heteroatoms. The average Bonchev–Trinajstić information content (AvgIpc) is 2.57. The Balaban J connectivity index is 2.29. The van der Waals surface area contributed by atoms with Crippen molar-refractivity contribution in [2.75, 3.05) is 5.73 Å². The van der Waals surface area contributed by atoms with Crippen LogP contribution in [0.5, 0.6) is 0 Å². The van der Waals surface area contributed by atoms with E-state index < -0.39 is 0 Å². The van der Waals surface area contributed by atoms with Crippen LogP contribution < -0.4 is 5.73 Å². The first-order valence-electron chi connectivity index (χ1n) is 4.23. The molecule has 15 heavy (non-hydrogen) atoms. The van der Waals surface area contributed by atoms with Gasteiger partial charge in [-0.25, -0.2) is 9.97 Å². The smallest absolute Gasteiger partial charge is 0.174 e. The topological polar surface area (TPSA) is 56.7 Å². The molecule has 0 aromatic carbocycles. The molecule has 78 valence electrons. The number of hydrogen-bond donors (Lipinski definition) is 1. The first kappa shape index (κ1) is 10.5. The molecule has 2 N–H and O–H groups in total. The highest BCUT2D eigenvalue weighted by Gasteiger charge is 2.07. The van der Waals surface area contributed by atoms with Gasteiger partial charge < -0.3 is 10.3 Å². The van der Waals surface area contributed by atoms with Crippen molar-refractivity contribution in [3.8, 4) is 0 Å². The Hall–Kier alpha value is -1.01. The molecule has 0 aliphatic rings. The van der Waals surface area contributed by atoms with Crippen molar-refractivity contribution in [1.82, 2.24) is 14.5 Å². The largest absolute Gasteiger partial charge is 0.397 e. The fraction of sp³-hybridized carbons (Fsp3) is 0.111. The number of imidazole rings is 1. The summed E-state index contributed by atoms with van der Waals surface area (Å²) in [6.07, 6.45) is 5.29. The van der Waals surface area contributed by atoms with E-state index >= 15 is 0 Å². The summed E-state index contributed by atoms with van der Waals surface area (Å²) in [6.45, 7) is 0. The van der Waals surface area contributed by atoms with Crippen LogP contribution in [0.2, 0.25) is 0 Å². The van der Waals surface area contributed by atoms with Gasteiger partial charge in [0.25, 0.3) is 0 Å². The van der Waals surface area contributed by atoms with Gasteiger partial charge in [-0.05, 0) is 33.8 Å². The molecule has 0 amide bonds. The van der Waals surface area contributed by atoms with Crippen molar-refractivity contribution in [2.45, 2.75) is 10.2 Å². The summed E-state index contributed by atoms with van der Waals surface area (Å²) in [5.41, 5.74) is 6.25. The van der Waals surface area contributed by atoms with E-state index in [0.717, 1.165) is 14.7 Å². The van der Waals surface area contributed by atoms with Crippen LogP contribution >= 0.6 is 27.7 Å². The van der Waals surface area contributed by atoms with Crippen LogP contribution in [0.3, 0.4) is 0 Å². The third kappa shape index (κ3) is 2.32. The van der Waals surface area contributed by atoms with E-state index in [4.69, 9.17) is 5.73 Å². The third-order valence-electron chi connectivity index (χ3n) is 1.79. The number of hydrogen-bond acceptors (Lipinski definition) is 4. The number of aryl methyl sites for hydroxylation is 1. The van der Waals surface area contributed by atoms with Crippen molar-refractivity contribution in [1.29, 1.82) is 0 Å². The van der Waals surface area contributed by atoms with Gasteiger partial charge in [0.1, 0.15) is 5.03 Å². The van der Waals surface area contributed by atoms with Gasteiger partial charge in [0, 0.05) is 19.4 Å². The molecule has 2 aromatic heterocycles. The minimum Gasteiger partial charge on any atom is -0.397 e. The summed E-state index contributed by atoms with van der Waals surface area (Å²) >= 11 is 4.91. The Bertz CT molecular complexity index is 483. The Morgan fingerprint density at radius 2 is 2.27 bits per heavy atom. The molecule has 0 unspecified atom stereocenters. The predicted octanol–water partition coefficient (Wildman–Crippen LogP) is 2.31. The van der Waals surface area contributed by atoms with Gasteiger partial charge >= 0.3 is 0 Å². The van der Waals surface area contributed by atoms with E-state index in [-0.39, 0.29) is 0 Å². The molecule has 0 saturated heterocycles.